The summed E-state index contributed by atoms with van der Waals surface area (Å²) in [4.78, 5) is 13.3. The number of nitrogens with zero attached hydrogens (tertiary/aromatic N) is 1. The highest BCUT2D eigenvalue weighted by atomic mass is 35.5. The predicted molar refractivity (Wildman–Crippen MR) is 47.4 cm³/mol. The fourth-order valence-electron chi connectivity index (χ4n) is 0.783. The topological polar surface area (TPSA) is 33.5 Å². The third kappa shape index (κ3) is 1.74. The molecule has 0 fully saturated rings. The predicted octanol–water partition coefficient (Wildman–Crippen LogP) is 2.46. The Labute approximate surface area is 74.8 Å². The fourth-order valence-corrected chi connectivity index (χ4v) is 0.949. The molecule has 60 valence electrons. The Morgan fingerprint density at radius 2 is 2.33 bits per heavy atom. The summed E-state index contributed by atoms with van der Waals surface area (Å²) in [5.74, 6) is 0. The minimum atomic E-state index is 0.342. The van der Waals surface area contributed by atoms with E-state index in [-0.39, 0.29) is 0 Å². The van der Waals surface area contributed by atoms with E-state index >= 15 is 0 Å². The van der Waals surface area contributed by atoms with Crippen molar-refractivity contribution < 1.29 is 4.79 Å². The van der Waals surface area contributed by atoms with Crippen molar-refractivity contribution in [3.8, 4) is 0 Å². The maximum atomic E-state index is 10.1. The number of benzene rings is 1. The molecule has 1 rings (SSSR count). The fraction of sp³-hybridized carbons (Fsp3) is 0. The summed E-state index contributed by atoms with van der Waals surface area (Å²) >= 11 is 5.64. The van der Waals surface area contributed by atoms with Crippen LogP contribution in [0.5, 0.6) is 0 Å². The largest absolute Gasteiger partial charge is 0.338 e. The molecule has 0 saturated heterocycles. The quantitative estimate of drug-likeness (QED) is 0.551. The molecule has 0 spiro atoms. The molecule has 0 atom stereocenters. The second kappa shape index (κ2) is 3.74. The Hall–Kier alpha value is -1.53. The summed E-state index contributed by atoms with van der Waals surface area (Å²) in [5, 5.41) is 2.89. The molecule has 0 saturated carbocycles. The van der Waals surface area contributed by atoms with E-state index in [9.17, 15) is 4.79 Å². The van der Waals surface area contributed by atoms with Gasteiger partial charge >= 0.3 is 0 Å². The Kier molecular flexibility index (Phi) is 2.67. The minimum Gasteiger partial charge on any atom is -0.338 e. The van der Waals surface area contributed by atoms with E-state index in [1.54, 1.807) is 12.1 Å². The van der Waals surface area contributed by atoms with Crippen LogP contribution in [0.25, 0.3) is 4.85 Å². The first kappa shape index (κ1) is 8.57. The molecule has 1 N–H and O–H groups in total. The lowest BCUT2D eigenvalue weighted by atomic mass is 10.3. The number of anilines is 1. The van der Waals surface area contributed by atoms with Crippen LogP contribution in [0.3, 0.4) is 0 Å². The number of nitrogens with one attached hydrogen (secondary N) is 1. The van der Waals surface area contributed by atoms with Crippen LogP contribution in [0.15, 0.2) is 18.2 Å². The molecule has 0 aromatic heterocycles. The molecule has 3 nitrogen and oxygen atoms in total. The lowest BCUT2D eigenvalue weighted by Gasteiger charge is -2.00. The highest BCUT2D eigenvalue weighted by Crippen LogP contribution is 2.27. The number of amides is 1. The Morgan fingerprint density at radius 3 is 2.92 bits per heavy atom. The van der Waals surface area contributed by atoms with Crippen molar-refractivity contribution in [3.05, 3.63) is 34.6 Å². The van der Waals surface area contributed by atoms with Crippen molar-refractivity contribution in [1.82, 2.24) is 0 Å². The van der Waals surface area contributed by atoms with Crippen LogP contribution in [0.1, 0.15) is 0 Å². The van der Waals surface area contributed by atoms with E-state index in [0.29, 0.717) is 22.8 Å². The molecule has 0 unspecified atom stereocenters. The third-order valence-corrected chi connectivity index (χ3v) is 1.53. The molecule has 0 aliphatic rings. The molecule has 0 heterocycles. The number of carbonyl (C=O) groups excluding carboxylic acids is 1. The molecule has 1 aromatic carbocycles. The molecule has 1 amide bonds. The van der Waals surface area contributed by atoms with Gasteiger partial charge in [-0.25, -0.2) is 4.85 Å². The highest BCUT2D eigenvalue weighted by Gasteiger charge is 2.00. The lowest BCUT2D eigenvalue weighted by molar-refractivity contribution is -0.105. The summed E-state index contributed by atoms with van der Waals surface area (Å²) < 4.78 is 0. The van der Waals surface area contributed by atoms with Crippen molar-refractivity contribution in [3.63, 3.8) is 0 Å². The summed E-state index contributed by atoms with van der Waals surface area (Å²) in [5.41, 5.74) is 0.819. The average Bonchev–Trinajstić information content (AvgIpc) is 2.08. The van der Waals surface area contributed by atoms with Crippen molar-refractivity contribution in [1.29, 1.82) is 0 Å². The van der Waals surface area contributed by atoms with Crippen LogP contribution < -0.4 is 5.32 Å². The summed E-state index contributed by atoms with van der Waals surface area (Å²) in [6, 6.07) is 4.70. The average molecular weight is 181 g/mol. The Bertz CT molecular complexity index is 343. The van der Waals surface area contributed by atoms with E-state index in [0.717, 1.165) is 0 Å². The van der Waals surface area contributed by atoms with Gasteiger partial charge in [0.25, 0.3) is 0 Å². The zero-order chi connectivity index (χ0) is 8.97. The van der Waals surface area contributed by atoms with Crippen LogP contribution in [-0.2, 0) is 4.79 Å². The lowest BCUT2D eigenvalue weighted by Crippen LogP contribution is -1.92. The van der Waals surface area contributed by atoms with Gasteiger partial charge in [-0.05, 0) is 18.2 Å². The minimum absolute atomic E-state index is 0.342. The first-order valence-corrected chi connectivity index (χ1v) is 3.53. The molecular weight excluding hydrogens is 176 g/mol. The van der Waals surface area contributed by atoms with Gasteiger partial charge in [0.2, 0.25) is 12.1 Å². The van der Waals surface area contributed by atoms with Gasteiger partial charge in [0, 0.05) is 10.7 Å². The van der Waals surface area contributed by atoms with Crippen molar-refractivity contribution >= 4 is 29.4 Å². The summed E-state index contributed by atoms with van der Waals surface area (Å²) in [6.07, 6.45) is 0.526. The Balaban J connectivity index is 3.12. The first-order valence-electron chi connectivity index (χ1n) is 3.15. The molecule has 0 aliphatic heterocycles. The number of halogens is 1. The summed E-state index contributed by atoms with van der Waals surface area (Å²) in [6.45, 7) is 6.77. The standard InChI is InChI=1S/C8H5ClN2O/c1-10-8-4-6(9)2-3-7(8)11-5-12/h2-5H,(H,11,12). The first-order chi connectivity index (χ1) is 5.77. The highest BCUT2D eigenvalue weighted by molar-refractivity contribution is 6.31. The smallest absolute Gasteiger partial charge is 0.211 e. The van der Waals surface area contributed by atoms with Gasteiger partial charge in [-0.1, -0.05) is 11.6 Å². The number of carbonyl (C=O) groups is 1. The second-order valence-corrected chi connectivity index (χ2v) is 2.47. The van der Waals surface area contributed by atoms with Crippen LogP contribution in [0, 0.1) is 6.57 Å². The molecular formula is C8H5ClN2O. The van der Waals surface area contributed by atoms with Gasteiger partial charge in [-0.15, -0.1) is 0 Å². The monoisotopic (exact) mass is 180 g/mol. The van der Waals surface area contributed by atoms with Gasteiger partial charge in [-0.2, -0.15) is 0 Å². The maximum absolute atomic E-state index is 10.1. The van der Waals surface area contributed by atoms with Gasteiger partial charge in [0.1, 0.15) is 0 Å². The molecule has 1 aromatic rings. The van der Waals surface area contributed by atoms with Crippen molar-refractivity contribution in [2.75, 3.05) is 5.32 Å². The van der Waals surface area contributed by atoms with E-state index < -0.39 is 0 Å². The zero-order valence-electron chi connectivity index (χ0n) is 6.04. The Morgan fingerprint density at radius 1 is 1.58 bits per heavy atom. The van der Waals surface area contributed by atoms with E-state index in [2.05, 4.69) is 10.2 Å². The molecule has 12 heavy (non-hydrogen) atoms. The van der Waals surface area contributed by atoms with Gasteiger partial charge in [0.15, 0.2) is 0 Å². The van der Waals surface area contributed by atoms with Crippen LogP contribution in [0.2, 0.25) is 5.02 Å². The van der Waals surface area contributed by atoms with E-state index in [1.165, 1.54) is 6.07 Å². The number of rotatable bonds is 2. The molecule has 0 radical (unpaired) electrons. The molecule has 0 aliphatic carbocycles. The second-order valence-electron chi connectivity index (χ2n) is 2.04. The summed E-state index contributed by atoms with van der Waals surface area (Å²) in [7, 11) is 0. The van der Waals surface area contributed by atoms with Gasteiger partial charge in [0.05, 0.1) is 6.57 Å². The SMILES string of the molecule is [C-]#[N+]c1cc(Cl)ccc1NC=O. The molecule has 4 heteroatoms. The van der Waals surface area contributed by atoms with E-state index in [1.807, 2.05) is 0 Å². The van der Waals surface area contributed by atoms with Crippen LogP contribution in [-0.4, -0.2) is 6.41 Å². The van der Waals surface area contributed by atoms with Crippen LogP contribution in [0.4, 0.5) is 11.4 Å². The van der Waals surface area contributed by atoms with Crippen LogP contribution >= 0.6 is 11.6 Å². The molecule has 0 bridgehead atoms. The number of hydrogen-bond donors (Lipinski definition) is 1. The van der Waals surface area contributed by atoms with E-state index in [4.69, 9.17) is 18.2 Å². The third-order valence-electron chi connectivity index (χ3n) is 1.29. The number of hydrogen-bond acceptors (Lipinski definition) is 1. The van der Waals surface area contributed by atoms with Gasteiger partial charge in [-0.3, -0.25) is 4.79 Å². The zero-order valence-corrected chi connectivity index (χ0v) is 6.80. The van der Waals surface area contributed by atoms with Gasteiger partial charge < -0.3 is 5.32 Å². The van der Waals surface area contributed by atoms with Crippen molar-refractivity contribution in [2.45, 2.75) is 0 Å². The van der Waals surface area contributed by atoms with Crippen molar-refractivity contribution in [2.24, 2.45) is 0 Å². The normalized spacial score (nSPS) is 8.67. The maximum Gasteiger partial charge on any atom is 0.211 e.